The van der Waals surface area contributed by atoms with E-state index in [1.54, 1.807) is 6.08 Å². The van der Waals surface area contributed by atoms with E-state index in [1.807, 2.05) is 19.1 Å². The molecule has 0 saturated heterocycles. The molecule has 140 valence electrons. The van der Waals surface area contributed by atoms with Crippen molar-refractivity contribution in [1.29, 1.82) is 0 Å². The minimum atomic E-state index is 0.160. The van der Waals surface area contributed by atoms with Crippen LogP contribution in [0.3, 0.4) is 0 Å². The molecule has 1 aromatic carbocycles. The average molecular weight is 345 g/mol. The van der Waals surface area contributed by atoms with E-state index in [0.717, 1.165) is 37.7 Å². The van der Waals surface area contributed by atoms with Crippen molar-refractivity contribution in [3.05, 3.63) is 47.6 Å². The van der Waals surface area contributed by atoms with Crippen molar-refractivity contribution < 1.29 is 10.2 Å². The molecule has 0 spiro atoms. The van der Waals surface area contributed by atoms with E-state index in [-0.39, 0.29) is 17.4 Å². The second-order valence-electron chi connectivity index (χ2n) is 7.13. The Hall–Kier alpha value is -1.70. The van der Waals surface area contributed by atoms with Gasteiger partial charge >= 0.3 is 0 Å². The molecule has 2 N–H and O–H groups in total. The Bertz CT molecular complexity index is 534. The summed E-state index contributed by atoms with van der Waals surface area (Å²) in [5, 5.41) is 20.7. The maximum Gasteiger partial charge on any atom is 0.123 e. The van der Waals surface area contributed by atoms with Crippen LogP contribution < -0.4 is 0 Å². The fourth-order valence-corrected chi connectivity index (χ4v) is 3.48. The number of aryl methyl sites for hydroxylation is 1. The van der Waals surface area contributed by atoms with Crippen LogP contribution in [0.15, 0.2) is 36.4 Å². The molecule has 0 heterocycles. The zero-order chi connectivity index (χ0) is 18.7. The minimum Gasteiger partial charge on any atom is -0.507 e. The van der Waals surface area contributed by atoms with Gasteiger partial charge in [0.05, 0.1) is 0 Å². The third-order valence-corrected chi connectivity index (χ3v) is 4.71. The zero-order valence-corrected chi connectivity index (χ0v) is 16.4. The van der Waals surface area contributed by atoms with Gasteiger partial charge in [-0.15, -0.1) is 6.58 Å². The van der Waals surface area contributed by atoms with Crippen LogP contribution in [0.2, 0.25) is 0 Å². The van der Waals surface area contributed by atoms with E-state index < -0.39 is 0 Å². The van der Waals surface area contributed by atoms with Gasteiger partial charge in [-0.2, -0.15) is 0 Å². The maximum absolute atomic E-state index is 10.4. The molecule has 0 fully saturated rings. The number of allylic oxidation sites excluding steroid dienone is 3. The van der Waals surface area contributed by atoms with Crippen LogP contribution in [0.5, 0.6) is 11.5 Å². The first-order chi connectivity index (χ1) is 12.0. The Labute approximate surface area is 154 Å². The number of unbranched alkanes of at least 4 members (excludes halogenated alkanes) is 4. The summed E-state index contributed by atoms with van der Waals surface area (Å²) in [7, 11) is 0. The van der Waals surface area contributed by atoms with Gasteiger partial charge in [-0.25, -0.2) is 0 Å². The van der Waals surface area contributed by atoms with Crippen molar-refractivity contribution in [2.45, 2.75) is 84.5 Å². The molecular formula is C23H36O2. The lowest BCUT2D eigenvalue weighted by molar-refractivity contribution is 0.427. The molecular weight excluding hydrogens is 308 g/mol. The van der Waals surface area contributed by atoms with Crippen LogP contribution in [0, 0.1) is 0 Å². The highest BCUT2D eigenvalue weighted by atomic mass is 16.3. The Morgan fingerprint density at radius 2 is 1.72 bits per heavy atom. The summed E-state index contributed by atoms with van der Waals surface area (Å²) in [5.74, 6) is 0.686. The number of hydrogen-bond acceptors (Lipinski definition) is 2. The van der Waals surface area contributed by atoms with Crippen LogP contribution in [0.4, 0.5) is 0 Å². The smallest absolute Gasteiger partial charge is 0.123 e. The van der Waals surface area contributed by atoms with Crippen LogP contribution >= 0.6 is 0 Å². The number of hydrogen-bond donors (Lipinski definition) is 2. The first-order valence-electron chi connectivity index (χ1n) is 9.82. The first-order valence-corrected chi connectivity index (χ1v) is 9.82. The summed E-state index contributed by atoms with van der Waals surface area (Å²) in [6, 6.07) is 3.71. The number of rotatable bonds is 7. The SMILES string of the molecule is C=CC.CCCCCCCc1cc(O)c(C2C=C(C)CCC2)c(O)c1. The Morgan fingerprint density at radius 3 is 2.28 bits per heavy atom. The van der Waals surface area contributed by atoms with Crippen LogP contribution in [0.25, 0.3) is 0 Å². The Kier molecular flexibility index (Phi) is 10.1. The second kappa shape index (κ2) is 11.8. The van der Waals surface area contributed by atoms with E-state index in [1.165, 1.54) is 31.3 Å². The van der Waals surface area contributed by atoms with E-state index in [2.05, 4.69) is 26.5 Å². The Morgan fingerprint density at radius 1 is 1.12 bits per heavy atom. The third kappa shape index (κ3) is 7.37. The summed E-state index contributed by atoms with van der Waals surface area (Å²) >= 11 is 0. The monoisotopic (exact) mass is 344 g/mol. The predicted molar refractivity (Wildman–Crippen MR) is 108 cm³/mol. The minimum absolute atomic E-state index is 0.160. The normalized spacial score (nSPS) is 16.6. The quantitative estimate of drug-likeness (QED) is 0.412. The van der Waals surface area contributed by atoms with Crippen molar-refractivity contribution in [3.8, 4) is 11.5 Å². The zero-order valence-electron chi connectivity index (χ0n) is 16.4. The van der Waals surface area contributed by atoms with Gasteiger partial charge in [0.2, 0.25) is 0 Å². The maximum atomic E-state index is 10.4. The second-order valence-corrected chi connectivity index (χ2v) is 7.13. The number of phenolic OH excluding ortho intramolecular Hbond substituents is 2. The van der Waals surface area contributed by atoms with Crippen molar-refractivity contribution in [3.63, 3.8) is 0 Å². The van der Waals surface area contributed by atoms with Gasteiger partial charge in [-0.3, -0.25) is 0 Å². The molecule has 1 unspecified atom stereocenters. The summed E-state index contributed by atoms with van der Waals surface area (Å²) in [4.78, 5) is 0. The average Bonchev–Trinajstić information content (AvgIpc) is 2.55. The van der Waals surface area contributed by atoms with Gasteiger partial charge in [0.1, 0.15) is 11.5 Å². The molecule has 0 aliphatic heterocycles. The molecule has 2 rings (SSSR count). The van der Waals surface area contributed by atoms with Crippen molar-refractivity contribution in [2.24, 2.45) is 0 Å². The molecule has 1 aromatic rings. The third-order valence-electron chi connectivity index (χ3n) is 4.71. The van der Waals surface area contributed by atoms with Gasteiger partial charge in [-0.05, 0) is 63.6 Å². The lowest BCUT2D eigenvalue weighted by atomic mass is 9.84. The molecule has 0 bridgehead atoms. The van der Waals surface area contributed by atoms with Crippen LogP contribution in [-0.4, -0.2) is 10.2 Å². The molecule has 1 aliphatic carbocycles. The Balaban J connectivity index is 0.000000970. The van der Waals surface area contributed by atoms with E-state index in [0.29, 0.717) is 5.56 Å². The van der Waals surface area contributed by atoms with Gasteiger partial charge < -0.3 is 10.2 Å². The molecule has 2 heteroatoms. The highest BCUT2D eigenvalue weighted by Crippen LogP contribution is 2.41. The lowest BCUT2D eigenvalue weighted by Crippen LogP contribution is -2.03. The van der Waals surface area contributed by atoms with Crippen molar-refractivity contribution in [1.82, 2.24) is 0 Å². The molecule has 0 saturated carbocycles. The molecule has 0 aromatic heterocycles. The molecule has 0 radical (unpaired) electrons. The number of benzene rings is 1. The summed E-state index contributed by atoms with van der Waals surface area (Å²) in [6.45, 7) is 9.60. The predicted octanol–water partition coefficient (Wildman–Crippen LogP) is 7.02. The lowest BCUT2D eigenvalue weighted by Gasteiger charge is -2.22. The molecule has 0 amide bonds. The van der Waals surface area contributed by atoms with E-state index in [9.17, 15) is 10.2 Å². The standard InChI is InChI=1S/C20H30O2.C3H6/c1-3-4-5-6-7-10-16-13-18(21)20(19(22)14-16)17-11-8-9-15(2)12-17;1-3-2/h12-14,17,21-22H,3-11H2,1-2H3;3H,1H2,2H3. The number of aromatic hydroxyl groups is 2. The highest BCUT2D eigenvalue weighted by molar-refractivity contribution is 5.50. The molecule has 25 heavy (non-hydrogen) atoms. The molecule has 2 nitrogen and oxygen atoms in total. The van der Waals surface area contributed by atoms with Crippen LogP contribution in [0.1, 0.15) is 89.2 Å². The largest absolute Gasteiger partial charge is 0.507 e. The van der Waals surface area contributed by atoms with E-state index >= 15 is 0 Å². The van der Waals surface area contributed by atoms with Gasteiger partial charge in [0, 0.05) is 11.5 Å². The number of phenols is 2. The van der Waals surface area contributed by atoms with Crippen LogP contribution in [-0.2, 0) is 6.42 Å². The van der Waals surface area contributed by atoms with Gasteiger partial charge in [0.15, 0.2) is 0 Å². The fraction of sp³-hybridized carbons (Fsp3) is 0.565. The van der Waals surface area contributed by atoms with E-state index in [4.69, 9.17) is 0 Å². The summed E-state index contributed by atoms with van der Waals surface area (Å²) in [5.41, 5.74) is 3.12. The van der Waals surface area contributed by atoms with Gasteiger partial charge in [0.25, 0.3) is 0 Å². The molecule has 1 atom stereocenters. The first kappa shape index (κ1) is 21.3. The van der Waals surface area contributed by atoms with Crippen molar-refractivity contribution >= 4 is 0 Å². The summed E-state index contributed by atoms with van der Waals surface area (Å²) in [6.07, 6.45) is 14.3. The highest BCUT2D eigenvalue weighted by Gasteiger charge is 2.21. The summed E-state index contributed by atoms with van der Waals surface area (Å²) < 4.78 is 0. The van der Waals surface area contributed by atoms with Crippen molar-refractivity contribution in [2.75, 3.05) is 0 Å². The van der Waals surface area contributed by atoms with Gasteiger partial charge in [-0.1, -0.05) is 50.3 Å². The fourth-order valence-electron chi connectivity index (χ4n) is 3.48. The molecule has 1 aliphatic rings. The topological polar surface area (TPSA) is 40.5 Å².